The summed E-state index contributed by atoms with van der Waals surface area (Å²) in [6, 6.07) is 0. The van der Waals surface area contributed by atoms with Gasteiger partial charge in [-0.25, -0.2) is 0 Å². The molecule has 0 spiro atoms. The lowest BCUT2D eigenvalue weighted by atomic mass is 10.1. The molecule has 0 unspecified atom stereocenters. The van der Waals surface area contributed by atoms with Crippen LogP contribution in [-0.2, 0) is 4.74 Å². The molecule has 3 nitrogen and oxygen atoms in total. The molecule has 13 heavy (non-hydrogen) atoms. The molecule has 0 saturated carbocycles. The van der Waals surface area contributed by atoms with E-state index in [0.29, 0.717) is 0 Å². The third kappa shape index (κ3) is 11.9. The first-order valence-electron chi connectivity index (χ1n) is 5.01. The van der Waals surface area contributed by atoms with E-state index in [0.717, 1.165) is 32.7 Å². The van der Waals surface area contributed by atoms with Crippen LogP contribution >= 0.6 is 0 Å². The zero-order valence-electron chi connectivity index (χ0n) is 9.44. The Labute approximate surface area is 82.2 Å². The van der Waals surface area contributed by atoms with Gasteiger partial charge in [0.25, 0.3) is 0 Å². The van der Waals surface area contributed by atoms with Gasteiger partial charge < -0.3 is 15.4 Å². The van der Waals surface area contributed by atoms with E-state index in [-0.39, 0.29) is 5.54 Å². The minimum Gasteiger partial charge on any atom is -0.385 e. The highest BCUT2D eigenvalue weighted by molar-refractivity contribution is 4.70. The SMILES string of the molecule is COCCCNCCNC(C)(C)C. The molecule has 0 amide bonds. The zero-order valence-corrected chi connectivity index (χ0v) is 9.44. The molecule has 0 aromatic heterocycles. The molecule has 0 aliphatic rings. The van der Waals surface area contributed by atoms with Gasteiger partial charge in [0.15, 0.2) is 0 Å². The van der Waals surface area contributed by atoms with Crippen molar-refractivity contribution >= 4 is 0 Å². The van der Waals surface area contributed by atoms with Crippen LogP contribution in [0, 0.1) is 0 Å². The normalized spacial score (nSPS) is 12.0. The molecule has 0 rings (SSSR count). The quantitative estimate of drug-likeness (QED) is 0.585. The summed E-state index contributed by atoms with van der Waals surface area (Å²) >= 11 is 0. The second kappa shape index (κ2) is 7.30. The highest BCUT2D eigenvalue weighted by Crippen LogP contribution is 1.96. The Bertz CT molecular complexity index is 110. The van der Waals surface area contributed by atoms with Crippen LogP contribution in [0.2, 0.25) is 0 Å². The number of rotatable bonds is 7. The molecule has 0 saturated heterocycles. The van der Waals surface area contributed by atoms with Crippen LogP contribution in [0.25, 0.3) is 0 Å². The van der Waals surface area contributed by atoms with Crippen LogP contribution in [0.1, 0.15) is 27.2 Å². The fraction of sp³-hybridized carbons (Fsp3) is 1.00. The molecule has 80 valence electrons. The van der Waals surface area contributed by atoms with E-state index < -0.39 is 0 Å². The zero-order chi connectivity index (χ0) is 10.2. The lowest BCUT2D eigenvalue weighted by molar-refractivity contribution is 0.194. The van der Waals surface area contributed by atoms with Gasteiger partial charge >= 0.3 is 0 Å². The summed E-state index contributed by atoms with van der Waals surface area (Å²) in [4.78, 5) is 0. The molecule has 0 fully saturated rings. The van der Waals surface area contributed by atoms with Crippen molar-refractivity contribution in [3.05, 3.63) is 0 Å². The summed E-state index contributed by atoms with van der Waals surface area (Å²) in [5, 5.41) is 6.77. The van der Waals surface area contributed by atoms with E-state index >= 15 is 0 Å². The first-order chi connectivity index (χ1) is 6.06. The number of hydrogen-bond acceptors (Lipinski definition) is 3. The number of nitrogens with one attached hydrogen (secondary N) is 2. The Balaban J connectivity index is 3.00. The summed E-state index contributed by atoms with van der Waals surface area (Å²) in [5.41, 5.74) is 0.230. The van der Waals surface area contributed by atoms with E-state index in [1.54, 1.807) is 7.11 Å². The average molecular weight is 188 g/mol. The summed E-state index contributed by atoms with van der Waals surface area (Å²) in [6.45, 7) is 10.5. The predicted octanol–water partition coefficient (Wildman–Crippen LogP) is 1.00. The van der Waals surface area contributed by atoms with E-state index in [2.05, 4.69) is 31.4 Å². The lowest BCUT2D eigenvalue weighted by Crippen LogP contribution is -2.40. The van der Waals surface area contributed by atoms with Gasteiger partial charge in [0.1, 0.15) is 0 Å². The smallest absolute Gasteiger partial charge is 0.0474 e. The van der Waals surface area contributed by atoms with Gasteiger partial charge in [-0.05, 0) is 33.7 Å². The number of methoxy groups -OCH3 is 1. The Kier molecular flexibility index (Phi) is 7.23. The Morgan fingerprint density at radius 1 is 1.08 bits per heavy atom. The molecule has 3 heteroatoms. The molecule has 0 atom stereocenters. The van der Waals surface area contributed by atoms with Crippen molar-refractivity contribution in [2.75, 3.05) is 33.4 Å². The van der Waals surface area contributed by atoms with Crippen molar-refractivity contribution in [2.24, 2.45) is 0 Å². The molecule has 0 aromatic carbocycles. The van der Waals surface area contributed by atoms with Crippen molar-refractivity contribution in [1.29, 1.82) is 0 Å². The molecule has 0 aliphatic heterocycles. The Morgan fingerprint density at radius 2 is 1.77 bits per heavy atom. The maximum Gasteiger partial charge on any atom is 0.0474 e. The maximum atomic E-state index is 4.95. The highest BCUT2D eigenvalue weighted by atomic mass is 16.5. The molecule has 0 aromatic rings. The first-order valence-corrected chi connectivity index (χ1v) is 5.01. The lowest BCUT2D eigenvalue weighted by Gasteiger charge is -2.20. The molecule has 0 heterocycles. The van der Waals surface area contributed by atoms with Crippen molar-refractivity contribution in [3.63, 3.8) is 0 Å². The van der Waals surface area contributed by atoms with Crippen molar-refractivity contribution in [3.8, 4) is 0 Å². The average Bonchev–Trinajstić information content (AvgIpc) is 2.01. The fourth-order valence-electron chi connectivity index (χ4n) is 0.992. The summed E-state index contributed by atoms with van der Waals surface area (Å²) in [5.74, 6) is 0. The largest absolute Gasteiger partial charge is 0.385 e. The van der Waals surface area contributed by atoms with Crippen molar-refractivity contribution in [1.82, 2.24) is 10.6 Å². The van der Waals surface area contributed by atoms with Gasteiger partial charge in [-0.1, -0.05) is 0 Å². The van der Waals surface area contributed by atoms with Crippen molar-refractivity contribution in [2.45, 2.75) is 32.7 Å². The van der Waals surface area contributed by atoms with Gasteiger partial charge in [0.2, 0.25) is 0 Å². The number of ether oxygens (including phenoxy) is 1. The Morgan fingerprint density at radius 3 is 2.31 bits per heavy atom. The standard InChI is InChI=1S/C10H24N2O/c1-10(2,3)12-8-7-11-6-5-9-13-4/h11-12H,5-9H2,1-4H3. The van der Waals surface area contributed by atoms with E-state index in [1.807, 2.05) is 0 Å². The van der Waals surface area contributed by atoms with E-state index in [4.69, 9.17) is 4.74 Å². The van der Waals surface area contributed by atoms with Crippen LogP contribution in [0.4, 0.5) is 0 Å². The van der Waals surface area contributed by atoms with Crippen LogP contribution in [0.3, 0.4) is 0 Å². The van der Waals surface area contributed by atoms with Gasteiger partial charge in [-0.15, -0.1) is 0 Å². The second-order valence-corrected chi connectivity index (χ2v) is 4.27. The molecular weight excluding hydrogens is 164 g/mol. The van der Waals surface area contributed by atoms with Crippen molar-refractivity contribution < 1.29 is 4.74 Å². The summed E-state index contributed by atoms with van der Waals surface area (Å²) in [6.07, 6.45) is 1.09. The van der Waals surface area contributed by atoms with Crippen LogP contribution < -0.4 is 10.6 Å². The minimum atomic E-state index is 0.230. The molecular formula is C10H24N2O. The topological polar surface area (TPSA) is 33.3 Å². The molecule has 2 N–H and O–H groups in total. The van der Waals surface area contributed by atoms with Crippen LogP contribution in [0.15, 0.2) is 0 Å². The van der Waals surface area contributed by atoms with Gasteiger partial charge in [0.05, 0.1) is 0 Å². The highest BCUT2D eigenvalue weighted by Gasteiger charge is 2.06. The first kappa shape index (κ1) is 12.9. The van der Waals surface area contributed by atoms with E-state index in [9.17, 15) is 0 Å². The minimum absolute atomic E-state index is 0.230. The van der Waals surface area contributed by atoms with Crippen LogP contribution in [-0.4, -0.2) is 38.9 Å². The summed E-state index contributed by atoms with van der Waals surface area (Å²) < 4.78 is 4.95. The van der Waals surface area contributed by atoms with Gasteiger partial charge in [-0.2, -0.15) is 0 Å². The van der Waals surface area contributed by atoms with Gasteiger partial charge in [0, 0.05) is 32.3 Å². The monoisotopic (exact) mass is 188 g/mol. The third-order valence-electron chi connectivity index (χ3n) is 1.66. The Hall–Kier alpha value is -0.120. The molecule has 0 aliphatic carbocycles. The summed E-state index contributed by atoms with van der Waals surface area (Å²) in [7, 11) is 1.74. The van der Waals surface area contributed by atoms with Crippen LogP contribution in [0.5, 0.6) is 0 Å². The second-order valence-electron chi connectivity index (χ2n) is 4.27. The number of hydrogen-bond donors (Lipinski definition) is 2. The van der Waals surface area contributed by atoms with Gasteiger partial charge in [-0.3, -0.25) is 0 Å². The third-order valence-corrected chi connectivity index (χ3v) is 1.66. The fourth-order valence-corrected chi connectivity index (χ4v) is 0.992. The maximum absolute atomic E-state index is 4.95. The molecule has 0 bridgehead atoms. The molecule has 0 radical (unpaired) electrons. The van der Waals surface area contributed by atoms with E-state index in [1.165, 1.54) is 0 Å². The predicted molar refractivity (Wildman–Crippen MR) is 57.1 cm³/mol.